The Balaban J connectivity index is 1.77. The van der Waals surface area contributed by atoms with Crippen LogP contribution in [0.1, 0.15) is 105 Å². The Bertz CT molecular complexity index is 847. The van der Waals surface area contributed by atoms with Crippen LogP contribution in [-0.4, -0.2) is 62.3 Å². The zero-order chi connectivity index (χ0) is 29.7. The van der Waals surface area contributed by atoms with Gasteiger partial charge < -0.3 is 28.8 Å². The average molecular weight is 577 g/mol. The molecule has 7 atom stereocenters. The van der Waals surface area contributed by atoms with Gasteiger partial charge in [-0.3, -0.25) is 4.79 Å². The summed E-state index contributed by atoms with van der Waals surface area (Å²) in [6.45, 7) is 10.3. The van der Waals surface area contributed by atoms with Crippen LogP contribution in [0, 0.1) is 17.3 Å². The van der Waals surface area contributed by atoms with Crippen LogP contribution in [0.4, 0.5) is 0 Å². The first-order valence-corrected chi connectivity index (χ1v) is 16.0. The molecule has 2 unspecified atom stereocenters. The second-order valence-electron chi connectivity index (χ2n) is 12.9. The molecule has 0 radical (unpaired) electrons. The lowest BCUT2D eigenvalue weighted by molar-refractivity contribution is -0.197. The summed E-state index contributed by atoms with van der Waals surface area (Å²) in [5, 5.41) is 11.2. The monoisotopic (exact) mass is 576 g/mol. The maximum atomic E-state index is 11.4. The van der Waals surface area contributed by atoms with Crippen molar-refractivity contribution in [2.45, 2.75) is 136 Å². The highest BCUT2D eigenvalue weighted by Gasteiger charge is 2.43. The zero-order valence-corrected chi connectivity index (χ0v) is 26.2. The number of hydrogen-bond acceptors (Lipinski definition) is 7. The summed E-state index contributed by atoms with van der Waals surface area (Å²) >= 11 is 0. The normalized spacial score (nSPS) is 30.1. The van der Waals surface area contributed by atoms with E-state index in [4.69, 9.17) is 23.7 Å². The van der Waals surface area contributed by atoms with Gasteiger partial charge in [0.05, 0.1) is 25.4 Å². The summed E-state index contributed by atoms with van der Waals surface area (Å²) in [4.78, 5) is 11.4. The molecule has 0 aromatic carbocycles. The highest BCUT2D eigenvalue weighted by molar-refractivity contribution is 5.69. The second-order valence-corrected chi connectivity index (χ2v) is 12.9. The fraction of sp³-hybridized carbons (Fsp3) is 0.794. The maximum absolute atomic E-state index is 11.4. The van der Waals surface area contributed by atoms with Crippen molar-refractivity contribution in [3.63, 3.8) is 0 Å². The number of ether oxygens (including phenoxy) is 5. The number of allylic oxidation sites excluding steroid dienone is 4. The number of aliphatic hydroxyl groups excluding tert-OH is 1. The molecular formula is C34H56O7. The van der Waals surface area contributed by atoms with Crippen molar-refractivity contribution in [2.75, 3.05) is 20.3 Å². The van der Waals surface area contributed by atoms with Gasteiger partial charge in [0.2, 0.25) is 0 Å². The summed E-state index contributed by atoms with van der Waals surface area (Å²) in [7, 11) is 1.42. The van der Waals surface area contributed by atoms with Gasteiger partial charge in [0.1, 0.15) is 0 Å². The first-order chi connectivity index (χ1) is 19.7. The summed E-state index contributed by atoms with van der Waals surface area (Å²) in [6, 6.07) is 0. The molecule has 2 saturated heterocycles. The number of unbranched alkanes of at least 4 members (excludes halogenated alkanes) is 1. The van der Waals surface area contributed by atoms with Crippen molar-refractivity contribution < 1.29 is 33.6 Å². The minimum Gasteiger partial charge on any atom is -0.469 e. The van der Waals surface area contributed by atoms with Crippen LogP contribution in [0.25, 0.3) is 0 Å². The zero-order valence-electron chi connectivity index (χ0n) is 26.2. The van der Waals surface area contributed by atoms with Crippen molar-refractivity contribution >= 4 is 5.97 Å². The number of carbonyl (C=O) groups is 1. The summed E-state index contributed by atoms with van der Waals surface area (Å²) < 4.78 is 29.8. The molecule has 3 aliphatic rings. The molecule has 1 saturated carbocycles. The van der Waals surface area contributed by atoms with E-state index in [1.54, 1.807) is 0 Å². The van der Waals surface area contributed by atoms with E-state index in [1.807, 2.05) is 0 Å². The second kappa shape index (κ2) is 17.6. The molecule has 2 aliphatic heterocycles. The van der Waals surface area contributed by atoms with E-state index in [9.17, 15) is 9.90 Å². The number of hydrogen-bond donors (Lipinski definition) is 1. The predicted molar refractivity (Wildman–Crippen MR) is 161 cm³/mol. The predicted octanol–water partition coefficient (Wildman–Crippen LogP) is 7.04. The number of aliphatic hydroxyl groups is 1. The molecule has 2 heterocycles. The fourth-order valence-corrected chi connectivity index (χ4v) is 5.96. The Morgan fingerprint density at radius 2 is 1.76 bits per heavy atom. The van der Waals surface area contributed by atoms with Gasteiger partial charge in [-0.05, 0) is 89.4 Å². The van der Waals surface area contributed by atoms with E-state index in [0.717, 1.165) is 77.4 Å². The Kier molecular flexibility index (Phi) is 14.6. The lowest BCUT2D eigenvalue weighted by atomic mass is 9.81. The Morgan fingerprint density at radius 1 is 1.05 bits per heavy atom. The summed E-state index contributed by atoms with van der Waals surface area (Å²) in [6.07, 6.45) is 20.3. The van der Waals surface area contributed by atoms with Gasteiger partial charge >= 0.3 is 5.97 Å². The van der Waals surface area contributed by atoms with Crippen molar-refractivity contribution in [2.24, 2.45) is 17.3 Å². The van der Waals surface area contributed by atoms with Gasteiger partial charge in [-0.25, -0.2) is 0 Å². The van der Waals surface area contributed by atoms with Gasteiger partial charge in [0, 0.05) is 32.0 Å². The fourth-order valence-electron chi connectivity index (χ4n) is 5.96. The molecule has 7 nitrogen and oxygen atoms in total. The molecule has 1 N–H and O–H groups in total. The van der Waals surface area contributed by atoms with Crippen LogP contribution < -0.4 is 0 Å². The molecular weight excluding hydrogens is 520 g/mol. The first-order valence-electron chi connectivity index (χ1n) is 16.0. The third kappa shape index (κ3) is 11.6. The Hall–Kier alpha value is -1.51. The molecule has 3 rings (SSSR count). The van der Waals surface area contributed by atoms with Crippen LogP contribution in [0.3, 0.4) is 0 Å². The molecule has 0 aromatic heterocycles. The van der Waals surface area contributed by atoms with Crippen LogP contribution in [0.2, 0.25) is 0 Å². The minimum absolute atomic E-state index is 0.0316. The molecule has 41 heavy (non-hydrogen) atoms. The smallest absolute Gasteiger partial charge is 0.305 e. The van der Waals surface area contributed by atoms with Crippen molar-refractivity contribution in [1.29, 1.82) is 0 Å². The van der Waals surface area contributed by atoms with Gasteiger partial charge in [-0.2, -0.15) is 0 Å². The van der Waals surface area contributed by atoms with Crippen molar-refractivity contribution in [1.82, 2.24) is 0 Å². The van der Waals surface area contributed by atoms with Crippen molar-refractivity contribution in [3.05, 3.63) is 36.0 Å². The lowest BCUT2D eigenvalue weighted by Gasteiger charge is -2.36. The quantitative estimate of drug-likeness (QED) is 0.127. The van der Waals surface area contributed by atoms with E-state index in [1.165, 1.54) is 12.7 Å². The molecule has 234 valence electrons. The summed E-state index contributed by atoms with van der Waals surface area (Å²) in [5.41, 5.74) is 1.16. The number of methoxy groups -OCH3 is 1. The highest BCUT2D eigenvalue weighted by atomic mass is 16.7. The summed E-state index contributed by atoms with van der Waals surface area (Å²) in [5.74, 6) is -0.111. The lowest BCUT2D eigenvalue weighted by Crippen LogP contribution is -2.36. The highest BCUT2D eigenvalue weighted by Crippen LogP contribution is 2.41. The largest absolute Gasteiger partial charge is 0.469 e. The topological polar surface area (TPSA) is 83.5 Å². The van der Waals surface area contributed by atoms with Gasteiger partial charge in [-0.15, -0.1) is 0 Å². The third-order valence-electron chi connectivity index (χ3n) is 8.66. The Labute approximate surface area is 248 Å². The Morgan fingerprint density at radius 3 is 2.39 bits per heavy atom. The molecule has 0 aromatic rings. The number of rotatable bonds is 15. The standard InChI is InChI=1S/C34H56O7/c1-25(2)20-21-34(3,4)30(41-33-17-11-13-23-39-33)19-18-27-26(14-8-6-7-9-15-31(36)37-5)28(35)24-29(27)40-32-16-10-12-22-38-32/h6,8,18-20,26-30,32-33,35H,7,9-17,21-24H2,1-5H3/b8-6-,19-18+/t26-,27-,28-,29-,30-,32?,33?/m1/s1. The SMILES string of the molecule is COC(=O)CCC/C=C\C[C@@H]1[C@@H](/C=C/[C@@H](OC2CCCCO2)C(C)(C)CC=C(C)C)[C@H](OC2CCCCO2)C[C@H]1O. The van der Waals surface area contributed by atoms with Crippen LogP contribution in [0.5, 0.6) is 0 Å². The van der Waals surface area contributed by atoms with E-state index in [0.29, 0.717) is 12.8 Å². The van der Waals surface area contributed by atoms with E-state index in [2.05, 4.69) is 58.1 Å². The maximum Gasteiger partial charge on any atom is 0.305 e. The van der Waals surface area contributed by atoms with E-state index in [-0.39, 0.29) is 48.0 Å². The number of esters is 1. The van der Waals surface area contributed by atoms with Gasteiger partial charge in [0.25, 0.3) is 0 Å². The first kappa shape index (κ1) is 34.0. The van der Waals surface area contributed by atoms with E-state index >= 15 is 0 Å². The molecule has 7 heteroatoms. The minimum atomic E-state index is -0.460. The average Bonchev–Trinajstić information content (AvgIpc) is 3.25. The molecule has 0 bridgehead atoms. The molecule has 3 fully saturated rings. The van der Waals surface area contributed by atoms with Crippen LogP contribution in [-0.2, 0) is 28.5 Å². The van der Waals surface area contributed by atoms with Crippen molar-refractivity contribution in [3.8, 4) is 0 Å². The third-order valence-corrected chi connectivity index (χ3v) is 8.66. The molecule has 0 amide bonds. The van der Waals surface area contributed by atoms with Crippen LogP contribution >= 0.6 is 0 Å². The molecule has 0 spiro atoms. The molecule has 1 aliphatic carbocycles. The number of carbonyl (C=O) groups excluding carboxylic acids is 1. The van der Waals surface area contributed by atoms with E-state index < -0.39 is 6.10 Å². The van der Waals surface area contributed by atoms with Gasteiger partial charge in [-0.1, -0.05) is 49.8 Å². The van der Waals surface area contributed by atoms with Gasteiger partial charge in [0.15, 0.2) is 12.6 Å². The van der Waals surface area contributed by atoms with Crippen LogP contribution in [0.15, 0.2) is 36.0 Å².